The van der Waals surface area contributed by atoms with Gasteiger partial charge in [-0.15, -0.1) is 0 Å². The van der Waals surface area contributed by atoms with E-state index < -0.39 is 0 Å². The van der Waals surface area contributed by atoms with Crippen LogP contribution in [-0.4, -0.2) is 25.0 Å². The van der Waals surface area contributed by atoms with Gasteiger partial charge in [0.25, 0.3) is 0 Å². The number of hydrogen-bond acceptors (Lipinski definition) is 2. The molecule has 1 aromatic rings. The second-order valence-electron chi connectivity index (χ2n) is 4.78. The van der Waals surface area contributed by atoms with Crippen LogP contribution in [0, 0.1) is 12.8 Å². The van der Waals surface area contributed by atoms with Crippen molar-refractivity contribution in [1.29, 1.82) is 0 Å². The number of benzene rings is 1. The van der Waals surface area contributed by atoms with Crippen LogP contribution in [-0.2, 0) is 6.54 Å². The molecule has 3 heteroatoms. The monoisotopic (exact) mass is 298 g/mol. The van der Waals surface area contributed by atoms with Crippen molar-refractivity contribution in [2.45, 2.75) is 26.8 Å². The smallest absolute Gasteiger partial charge is 0.0233 e. The third-order valence-corrected chi connectivity index (χ3v) is 3.73. The molecular weight excluding hydrogens is 276 g/mol. The van der Waals surface area contributed by atoms with Crippen LogP contribution in [0.15, 0.2) is 22.7 Å². The maximum absolute atomic E-state index is 5.74. The van der Waals surface area contributed by atoms with Crippen LogP contribution in [0.4, 0.5) is 0 Å². The molecule has 1 aromatic carbocycles. The lowest BCUT2D eigenvalue weighted by molar-refractivity contribution is 0.267. The molecule has 1 rings (SSSR count). The molecule has 2 N–H and O–H groups in total. The van der Waals surface area contributed by atoms with Gasteiger partial charge in [-0.25, -0.2) is 0 Å². The summed E-state index contributed by atoms with van der Waals surface area (Å²) in [5.41, 5.74) is 8.48. The van der Waals surface area contributed by atoms with E-state index in [0.29, 0.717) is 5.92 Å². The fourth-order valence-corrected chi connectivity index (χ4v) is 2.39. The molecule has 17 heavy (non-hydrogen) atoms. The largest absolute Gasteiger partial charge is 0.330 e. The van der Waals surface area contributed by atoms with Crippen LogP contribution < -0.4 is 5.73 Å². The number of hydrogen-bond donors (Lipinski definition) is 1. The minimum atomic E-state index is 0.604. The summed E-state index contributed by atoms with van der Waals surface area (Å²) in [5.74, 6) is 0.604. The zero-order chi connectivity index (χ0) is 12.8. The number of aryl methyl sites for hydroxylation is 1. The topological polar surface area (TPSA) is 29.3 Å². The maximum Gasteiger partial charge on any atom is 0.0233 e. The SMILES string of the molecule is CCC(CN)CN(C)Cc1cc(Br)ccc1C. The van der Waals surface area contributed by atoms with E-state index in [2.05, 4.69) is 59.9 Å². The molecule has 0 spiro atoms. The van der Waals surface area contributed by atoms with Gasteiger partial charge in [0, 0.05) is 17.6 Å². The first-order valence-corrected chi connectivity index (χ1v) is 6.99. The second-order valence-corrected chi connectivity index (χ2v) is 5.69. The molecule has 0 aliphatic carbocycles. The van der Waals surface area contributed by atoms with Crippen molar-refractivity contribution in [3.8, 4) is 0 Å². The number of rotatable bonds is 6. The molecule has 1 unspecified atom stereocenters. The lowest BCUT2D eigenvalue weighted by Gasteiger charge is -2.23. The van der Waals surface area contributed by atoms with Gasteiger partial charge in [0.1, 0.15) is 0 Å². The lowest BCUT2D eigenvalue weighted by Crippen LogP contribution is -2.29. The van der Waals surface area contributed by atoms with Crippen molar-refractivity contribution < 1.29 is 0 Å². The summed E-state index contributed by atoms with van der Waals surface area (Å²) >= 11 is 3.53. The summed E-state index contributed by atoms with van der Waals surface area (Å²) in [7, 11) is 2.17. The Morgan fingerprint density at radius 3 is 2.71 bits per heavy atom. The van der Waals surface area contributed by atoms with E-state index in [1.54, 1.807) is 0 Å². The molecule has 0 radical (unpaired) electrons. The van der Waals surface area contributed by atoms with Gasteiger partial charge in [0.2, 0.25) is 0 Å². The Hall–Kier alpha value is -0.380. The highest BCUT2D eigenvalue weighted by Gasteiger charge is 2.09. The van der Waals surface area contributed by atoms with Crippen LogP contribution in [0.2, 0.25) is 0 Å². The number of halogens is 1. The summed E-state index contributed by atoms with van der Waals surface area (Å²) in [5, 5.41) is 0. The third-order valence-electron chi connectivity index (χ3n) is 3.23. The van der Waals surface area contributed by atoms with Gasteiger partial charge in [-0.3, -0.25) is 0 Å². The quantitative estimate of drug-likeness (QED) is 0.874. The highest BCUT2D eigenvalue weighted by Crippen LogP contribution is 2.17. The molecule has 2 nitrogen and oxygen atoms in total. The molecular formula is C14H23BrN2. The van der Waals surface area contributed by atoms with E-state index in [1.807, 2.05) is 0 Å². The van der Waals surface area contributed by atoms with Crippen LogP contribution in [0.25, 0.3) is 0 Å². The Bertz CT molecular complexity index is 348. The van der Waals surface area contributed by atoms with Crippen LogP contribution in [0.3, 0.4) is 0 Å². The normalized spacial score (nSPS) is 13.1. The standard InChI is InChI=1S/C14H23BrN2/c1-4-12(8-16)9-17(3)10-13-7-14(15)6-5-11(13)2/h5-7,12H,4,8-10,16H2,1-3H3. The molecule has 0 aromatic heterocycles. The van der Waals surface area contributed by atoms with Gasteiger partial charge in [-0.1, -0.05) is 35.3 Å². The highest BCUT2D eigenvalue weighted by atomic mass is 79.9. The van der Waals surface area contributed by atoms with Gasteiger partial charge in [0.05, 0.1) is 0 Å². The first-order chi connectivity index (χ1) is 8.06. The third kappa shape index (κ3) is 4.78. The number of nitrogens with two attached hydrogens (primary N) is 1. The summed E-state index contributed by atoms with van der Waals surface area (Å²) in [6, 6.07) is 6.45. The van der Waals surface area contributed by atoms with Crippen LogP contribution in [0.1, 0.15) is 24.5 Å². The van der Waals surface area contributed by atoms with Gasteiger partial charge >= 0.3 is 0 Å². The predicted octanol–water partition coefficient (Wildman–Crippen LogP) is 3.17. The zero-order valence-corrected chi connectivity index (χ0v) is 12.6. The zero-order valence-electron chi connectivity index (χ0n) is 11.0. The van der Waals surface area contributed by atoms with E-state index in [9.17, 15) is 0 Å². The average molecular weight is 299 g/mol. The van der Waals surface area contributed by atoms with Crippen molar-refractivity contribution in [3.05, 3.63) is 33.8 Å². The molecule has 0 saturated heterocycles. The highest BCUT2D eigenvalue weighted by molar-refractivity contribution is 9.10. The molecule has 96 valence electrons. The van der Waals surface area contributed by atoms with Crippen molar-refractivity contribution in [3.63, 3.8) is 0 Å². The predicted molar refractivity (Wildman–Crippen MR) is 78.0 cm³/mol. The Labute approximate surface area is 113 Å². The van der Waals surface area contributed by atoms with Crippen molar-refractivity contribution >= 4 is 15.9 Å². The van der Waals surface area contributed by atoms with Crippen molar-refractivity contribution in [1.82, 2.24) is 4.90 Å². The summed E-state index contributed by atoms with van der Waals surface area (Å²) < 4.78 is 1.15. The Morgan fingerprint density at radius 2 is 2.12 bits per heavy atom. The van der Waals surface area contributed by atoms with E-state index in [4.69, 9.17) is 5.73 Å². The molecule has 0 bridgehead atoms. The van der Waals surface area contributed by atoms with E-state index >= 15 is 0 Å². The first-order valence-electron chi connectivity index (χ1n) is 6.20. The molecule has 0 amide bonds. The minimum absolute atomic E-state index is 0.604. The summed E-state index contributed by atoms with van der Waals surface area (Å²) in [6.45, 7) is 7.20. The minimum Gasteiger partial charge on any atom is -0.330 e. The second kappa shape index (κ2) is 7.14. The summed E-state index contributed by atoms with van der Waals surface area (Å²) in [6.07, 6.45) is 1.15. The van der Waals surface area contributed by atoms with Gasteiger partial charge in [0.15, 0.2) is 0 Å². The average Bonchev–Trinajstić information content (AvgIpc) is 2.31. The van der Waals surface area contributed by atoms with Crippen LogP contribution >= 0.6 is 15.9 Å². The lowest BCUT2D eigenvalue weighted by atomic mass is 10.1. The van der Waals surface area contributed by atoms with Crippen molar-refractivity contribution in [2.24, 2.45) is 11.7 Å². The first kappa shape index (κ1) is 14.7. The van der Waals surface area contributed by atoms with Crippen molar-refractivity contribution in [2.75, 3.05) is 20.1 Å². The van der Waals surface area contributed by atoms with Gasteiger partial charge < -0.3 is 10.6 Å². The molecule has 0 aliphatic heterocycles. The Balaban J connectivity index is 2.61. The molecule has 0 aliphatic rings. The maximum atomic E-state index is 5.74. The fourth-order valence-electron chi connectivity index (χ4n) is 1.98. The van der Waals surface area contributed by atoms with Gasteiger partial charge in [-0.2, -0.15) is 0 Å². The molecule has 0 heterocycles. The molecule has 1 atom stereocenters. The van der Waals surface area contributed by atoms with E-state index in [0.717, 1.165) is 30.5 Å². The van der Waals surface area contributed by atoms with Gasteiger partial charge in [-0.05, 0) is 49.7 Å². The number of nitrogens with zero attached hydrogens (tertiary/aromatic N) is 1. The summed E-state index contributed by atoms with van der Waals surface area (Å²) in [4.78, 5) is 2.36. The molecule has 0 saturated carbocycles. The van der Waals surface area contributed by atoms with Crippen LogP contribution in [0.5, 0.6) is 0 Å². The fraction of sp³-hybridized carbons (Fsp3) is 0.571. The Kier molecular flexibility index (Phi) is 6.17. The Morgan fingerprint density at radius 1 is 1.41 bits per heavy atom. The van der Waals surface area contributed by atoms with E-state index in [-0.39, 0.29) is 0 Å². The van der Waals surface area contributed by atoms with E-state index in [1.165, 1.54) is 11.1 Å². The molecule has 0 fully saturated rings.